The van der Waals surface area contributed by atoms with E-state index >= 15 is 0 Å². The molecule has 1 rings (SSSR count). The zero-order chi connectivity index (χ0) is 12.3. The molecule has 0 unspecified atom stereocenters. The van der Waals surface area contributed by atoms with Crippen molar-refractivity contribution >= 4 is 0 Å². The van der Waals surface area contributed by atoms with Gasteiger partial charge in [-0.1, -0.05) is 58.8 Å². The Balaban J connectivity index is 1.97. The largest absolute Gasteiger partial charge is 0.335 e. The van der Waals surface area contributed by atoms with Crippen LogP contribution in [0.1, 0.15) is 71.0 Å². The smallest absolute Gasteiger partial charge is 0.108 e. The summed E-state index contributed by atoms with van der Waals surface area (Å²) in [5.41, 5.74) is 0. The average Bonchev–Trinajstić information content (AvgIpc) is 2.80. The van der Waals surface area contributed by atoms with Crippen molar-refractivity contribution in [3.8, 4) is 0 Å². The number of aryl methyl sites for hydroxylation is 2. The predicted octanol–water partition coefficient (Wildman–Crippen LogP) is 4.59. The fourth-order valence-electron chi connectivity index (χ4n) is 2.27. The van der Waals surface area contributed by atoms with E-state index in [2.05, 4.69) is 29.6 Å². The maximum Gasteiger partial charge on any atom is 0.108 e. The van der Waals surface area contributed by atoms with Crippen molar-refractivity contribution in [2.45, 2.75) is 78.2 Å². The summed E-state index contributed by atoms with van der Waals surface area (Å²) in [5, 5.41) is 0. The summed E-state index contributed by atoms with van der Waals surface area (Å²) in [6.07, 6.45) is 16.2. The topological polar surface area (TPSA) is 17.8 Å². The summed E-state index contributed by atoms with van der Waals surface area (Å²) in [6.45, 7) is 5.60. The van der Waals surface area contributed by atoms with Gasteiger partial charge in [0.15, 0.2) is 0 Å². The molecule has 0 fully saturated rings. The van der Waals surface area contributed by atoms with Gasteiger partial charge in [0.05, 0.1) is 0 Å². The Hall–Kier alpha value is -0.790. The quantitative estimate of drug-likeness (QED) is 0.543. The molecule has 0 N–H and O–H groups in total. The molecule has 0 aliphatic heterocycles. The summed E-state index contributed by atoms with van der Waals surface area (Å²) in [4.78, 5) is 4.35. The van der Waals surface area contributed by atoms with E-state index in [1.165, 1.54) is 57.2 Å². The molecule has 0 amide bonds. The lowest BCUT2D eigenvalue weighted by molar-refractivity contribution is 0.536. The van der Waals surface area contributed by atoms with Crippen LogP contribution in [0.4, 0.5) is 0 Å². The zero-order valence-corrected chi connectivity index (χ0v) is 11.6. The number of aromatic nitrogens is 2. The lowest BCUT2D eigenvalue weighted by Crippen LogP contribution is -2.01. The Morgan fingerprint density at radius 2 is 1.59 bits per heavy atom. The van der Waals surface area contributed by atoms with Gasteiger partial charge in [0, 0.05) is 25.4 Å². The maximum absolute atomic E-state index is 4.35. The fraction of sp³-hybridized carbons (Fsp3) is 0.800. The molecule has 0 saturated heterocycles. The Labute approximate surface area is 106 Å². The minimum absolute atomic E-state index is 1.05. The highest BCUT2D eigenvalue weighted by Gasteiger charge is 1.99. The second-order valence-electron chi connectivity index (χ2n) is 4.87. The molecular weight excluding hydrogens is 208 g/mol. The minimum Gasteiger partial charge on any atom is -0.335 e. The van der Waals surface area contributed by atoms with Gasteiger partial charge in [-0.3, -0.25) is 0 Å². The van der Waals surface area contributed by atoms with Gasteiger partial charge in [-0.25, -0.2) is 4.98 Å². The van der Waals surface area contributed by atoms with Crippen molar-refractivity contribution in [1.29, 1.82) is 0 Å². The molecule has 0 spiro atoms. The van der Waals surface area contributed by atoms with Crippen LogP contribution in [0, 0.1) is 0 Å². The molecule has 1 aromatic rings. The molecule has 0 aliphatic carbocycles. The standard InChI is InChI=1S/C15H28N2/c1-3-5-6-7-8-9-10-11-13-17-14-12-16-15(17)4-2/h12,14H,3-11,13H2,1-2H3. The van der Waals surface area contributed by atoms with E-state index in [1.54, 1.807) is 0 Å². The first kappa shape index (κ1) is 14.3. The number of rotatable bonds is 10. The lowest BCUT2D eigenvalue weighted by atomic mass is 10.1. The van der Waals surface area contributed by atoms with Crippen LogP contribution in [0.5, 0.6) is 0 Å². The number of hydrogen-bond donors (Lipinski definition) is 0. The van der Waals surface area contributed by atoms with E-state index in [0.29, 0.717) is 0 Å². The van der Waals surface area contributed by atoms with E-state index in [9.17, 15) is 0 Å². The predicted molar refractivity (Wildman–Crippen MR) is 74.2 cm³/mol. The number of unbranched alkanes of at least 4 members (excludes halogenated alkanes) is 7. The van der Waals surface area contributed by atoms with E-state index in [0.717, 1.165) is 13.0 Å². The molecule has 0 saturated carbocycles. The monoisotopic (exact) mass is 236 g/mol. The summed E-state index contributed by atoms with van der Waals surface area (Å²) in [6, 6.07) is 0. The van der Waals surface area contributed by atoms with Gasteiger partial charge in [0.25, 0.3) is 0 Å². The van der Waals surface area contributed by atoms with Crippen LogP contribution in [0.3, 0.4) is 0 Å². The maximum atomic E-state index is 4.35. The molecular formula is C15H28N2. The second-order valence-corrected chi connectivity index (χ2v) is 4.87. The van der Waals surface area contributed by atoms with Crippen molar-refractivity contribution in [2.75, 3.05) is 0 Å². The Morgan fingerprint density at radius 3 is 2.24 bits per heavy atom. The summed E-state index contributed by atoms with van der Waals surface area (Å²) in [5.74, 6) is 1.23. The van der Waals surface area contributed by atoms with Gasteiger partial charge in [-0.15, -0.1) is 0 Å². The van der Waals surface area contributed by atoms with Crippen molar-refractivity contribution in [2.24, 2.45) is 0 Å². The molecule has 1 aromatic heterocycles. The second kappa shape index (κ2) is 9.26. The minimum atomic E-state index is 1.05. The highest BCUT2D eigenvalue weighted by Crippen LogP contribution is 2.09. The molecule has 0 atom stereocenters. The fourth-order valence-corrected chi connectivity index (χ4v) is 2.27. The SMILES string of the molecule is CCCCCCCCCCn1ccnc1CC. The first-order valence-corrected chi connectivity index (χ1v) is 7.38. The third-order valence-electron chi connectivity index (χ3n) is 3.37. The van der Waals surface area contributed by atoms with Crippen LogP contribution in [0.25, 0.3) is 0 Å². The van der Waals surface area contributed by atoms with Gasteiger partial charge in [-0.05, 0) is 6.42 Å². The molecule has 2 heteroatoms. The number of imidazole rings is 1. The molecule has 98 valence electrons. The Morgan fingerprint density at radius 1 is 0.941 bits per heavy atom. The van der Waals surface area contributed by atoms with Crippen LogP contribution in [-0.2, 0) is 13.0 Å². The molecule has 1 heterocycles. The van der Waals surface area contributed by atoms with Crippen LogP contribution in [0.15, 0.2) is 12.4 Å². The van der Waals surface area contributed by atoms with E-state index < -0.39 is 0 Å². The van der Waals surface area contributed by atoms with Crippen LogP contribution < -0.4 is 0 Å². The van der Waals surface area contributed by atoms with E-state index in [1.807, 2.05) is 6.20 Å². The first-order chi connectivity index (χ1) is 8.38. The summed E-state index contributed by atoms with van der Waals surface area (Å²) < 4.78 is 2.30. The van der Waals surface area contributed by atoms with Crippen molar-refractivity contribution < 1.29 is 0 Å². The number of hydrogen-bond acceptors (Lipinski definition) is 1. The van der Waals surface area contributed by atoms with Crippen LogP contribution in [0.2, 0.25) is 0 Å². The van der Waals surface area contributed by atoms with Crippen molar-refractivity contribution in [3.63, 3.8) is 0 Å². The molecule has 0 radical (unpaired) electrons. The number of nitrogens with zero attached hydrogens (tertiary/aromatic N) is 2. The van der Waals surface area contributed by atoms with Gasteiger partial charge in [0.2, 0.25) is 0 Å². The molecule has 17 heavy (non-hydrogen) atoms. The normalized spacial score (nSPS) is 10.9. The van der Waals surface area contributed by atoms with Crippen LogP contribution in [-0.4, -0.2) is 9.55 Å². The third-order valence-corrected chi connectivity index (χ3v) is 3.37. The van der Waals surface area contributed by atoms with Gasteiger partial charge < -0.3 is 4.57 Å². The Kier molecular flexibility index (Phi) is 7.78. The molecule has 0 aromatic carbocycles. The molecule has 2 nitrogen and oxygen atoms in total. The highest BCUT2D eigenvalue weighted by molar-refractivity contribution is 4.91. The van der Waals surface area contributed by atoms with E-state index in [4.69, 9.17) is 0 Å². The van der Waals surface area contributed by atoms with Gasteiger partial charge in [-0.2, -0.15) is 0 Å². The van der Waals surface area contributed by atoms with Crippen molar-refractivity contribution in [1.82, 2.24) is 9.55 Å². The van der Waals surface area contributed by atoms with Gasteiger partial charge in [0.1, 0.15) is 5.82 Å². The van der Waals surface area contributed by atoms with Gasteiger partial charge >= 0.3 is 0 Å². The zero-order valence-electron chi connectivity index (χ0n) is 11.6. The lowest BCUT2D eigenvalue weighted by Gasteiger charge is -2.06. The molecule has 0 aliphatic rings. The average molecular weight is 236 g/mol. The molecule has 0 bridgehead atoms. The van der Waals surface area contributed by atoms with Crippen molar-refractivity contribution in [3.05, 3.63) is 18.2 Å². The van der Waals surface area contributed by atoms with Crippen LogP contribution >= 0.6 is 0 Å². The summed E-state index contributed by atoms with van der Waals surface area (Å²) >= 11 is 0. The highest BCUT2D eigenvalue weighted by atomic mass is 15.1. The Bertz CT molecular complexity index is 278. The first-order valence-electron chi connectivity index (χ1n) is 7.38. The third kappa shape index (κ3) is 5.90. The van der Waals surface area contributed by atoms with E-state index in [-0.39, 0.29) is 0 Å². The summed E-state index contributed by atoms with van der Waals surface area (Å²) in [7, 11) is 0.